The van der Waals surface area contributed by atoms with Crippen LogP contribution in [0.2, 0.25) is 0 Å². The van der Waals surface area contributed by atoms with E-state index in [2.05, 4.69) is 20.9 Å². The molecule has 23 heavy (non-hydrogen) atoms. The summed E-state index contributed by atoms with van der Waals surface area (Å²) in [6.07, 6.45) is 0.292. The summed E-state index contributed by atoms with van der Waals surface area (Å²) in [5, 5.41) is 10.4. The van der Waals surface area contributed by atoms with Gasteiger partial charge in [0.1, 0.15) is 11.7 Å². The molecule has 0 bridgehead atoms. The van der Waals surface area contributed by atoms with Crippen molar-refractivity contribution in [2.75, 3.05) is 0 Å². The average molecular weight is 395 g/mol. The minimum atomic E-state index is -0.996. The molecule has 0 saturated carbocycles. The summed E-state index contributed by atoms with van der Waals surface area (Å²) in [7, 11) is 0. The van der Waals surface area contributed by atoms with Crippen LogP contribution in [0, 0.1) is 13.8 Å². The second kappa shape index (κ2) is 6.05. The molecule has 1 atom stereocenters. The monoisotopic (exact) mass is 394 g/mol. The number of fused-ring (bicyclic) bond motifs is 1. The van der Waals surface area contributed by atoms with E-state index in [1.165, 1.54) is 16.2 Å². The van der Waals surface area contributed by atoms with E-state index in [1.807, 2.05) is 32.0 Å². The predicted octanol–water partition coefficient (Wildman–Crippen LogP) is 3.17. The van der Waals surface area contributed by atoms with Crippen molar-refractivity contribution in [1.29, 1.82) is 0 Å². The molecule has 2 heterocycles. The van der Waals surface area contributed by atoms with Crippen LogP contribution < -0.4 is 0 Å². The normalized spacial score (nSPS) is 17.0. The van der Waals surface area contributed by atoms with Gasteiger partial charge < -0.3 is 10.0 Å². The third-order valence-corrected chi connectivity index (χ3v) is 5.61. The molecule has 0 saturated heterocycles. The van der Waals surface area contributed by atoms with Gasteiger partial charge in [0.15, 0.2) is 0 Å². The Morgan fingerprint density at radius 2 is 2.13 bits per heavy atom. The van der Waals surface area contributed by atoms with Crippen molar-refractivity contribution in [3.05, 3.63) is 49.4 Å². The van der Waals surface area contributed by atoms with E-state index in [4.69, 9.17) is 0 Å². The zero-order valence-electron chi connectivity index (χ0n) is 12.7. The number of aliphatic carboxylic acids is 1. The molecule has 120 valence electrons. The third kappa shape index (κ3) is 2.90. The molecule has 0 fully saturated rings. The third-order valence-electron chi connectivity index (χ3n) is 3.98. The molecule has 7 heteroatoms. The first-order valence-corrected chi connectivity index (χ1v) is 8.73. The summed E-state index contributed by atoms with van der Waals surface area (Å²) >= 11 is 4.91. The van der Waals surface area contributed by atoms with E-state index < -0.39 is 12.0 Å². The number of carbonyl (C=O) groups excluding carboxylic acids is 1. The molecule has 1 aliphatic heterocycles. The number of thiazole rings is 1. The SMILES string of the molecule is Cc1nc(C(=O)N2Cc3cccc(Br)c3CC2C(=O)O)c(C)s1. The van der Waals surface area contributed by atoms with Gasteiger partial charge in [-0.25, -0.2) is 9.78 Å². The van der Waals surface area contributed by atoms with Gasteiger partial charge in [0, 0.05) is 22.3 Å². The van der Waals surface area contributed by atoms with E-state index in [1.54, 1.807) is 0 Å². The number of nitrogens with zero attached hydrogens (tertiary/aromatic N) is 2. The van der Waals surface area contributed by atoms with Gasteiger partial charge in [0.25, 0.3) is 5.91 Å². The highest BCUT2D eigenvalue weighted by atomic mass is 79.9. The van der Waals surface area contributed by atoms with Gasteiger partial charge in [-0.15, -0.1) is 11.3 Å². The fraction of sp³-hybridized carbons (Fsp3) is 0.312. The maximum absolute atomic E-state index is 12.8. The van der Waals surface area contributed by atoms with Crippen LogP contribution in [0.4, 0.5) is 0 Å². The first kappa shape index (κ1) is 16.1. The topological polar surface area (TPSA) is 70.5 Å². The van der Waals surface area contributed by atoms with Crippen molar-refractivity contribution < 1.29 is 14.7 Å². The van der Waals surface area contributed by atoms with E-state index in [9.17, 15) is 14.7 Å². The van der Waals surface area contributed by atoms with Crippen molar-refractivity contribution >= 4 is 39.1 Å². The molecule has 1 aromatic heterocycles. The highest BCUT2D eigenvalue weighted by Crippen LogP contribution is 2.31. The molecule has 1 unspecified atom stereocenters. The second-order valence-corrected chi connectivity index (χ2v) is 7.77. The first-order chi connectivity index (χ1) is 10.9. The number of carbonyl (C=O) groups is 2. The molecular formula is C16H15BrN2O3S. The lowest BCUT2D eigenvalue weighted by Gasteiger charge is -2.34. The number of hydrogen-bond acceptors (Lipinski definition) is 4. The fourth-order valence-electron chi connectivity index (χ4n) is 2.87. The van der Waals surface area contributed by atoms with Crippen LogP contribution in [0.5, 0.6) is 0 Å². The Hall–Kier alpha value is -1.73. The Labute approximate surface area is 146 Å². The molecule has 1 aliphatic rings. The summed E-state index contributed by atoms with van der Waals surface area (Å²) in [5.74, 6) is -1.31. The van der Waals surface area contributed by atoms with Gasteiger partial charge in [-0.2, -0.15) is 0 Å². The van der Waals surface area contributed by atoms with Gasteiger partial charge in [0.05, 0.1) is 5.01 Å². The smallest absolute Gasteiger partial charge is 0.326 e. The maximum atomic E-state index is 12.8. The summed E-state index contributed by atoms with van der Waals surface area (Å²) in [6, 6.07) is 4.83. The van der Waals surface area contributed by atoms with Crippen LogP contribution in [-0.2, 0) is 17.8 Å². The molecule has 0 radical (unpaired) electrons. The van der Waals surface area contributed by atoms with E-state index >= 15 is 0 Å². The Bertz CT molecular complexity index is 803. The maximum Gasteiger partial charge on any atom is 0.326 e. The zero-order chi connectivity index (χ0) is 16.7. The van der Waals surface area contributed by atoms with Gasteiger partial charge in [-0.3, -0.25) is 4.79 Å². The minimum absolute atomic E-state index is 0.278. The van der Waals surface area contributed by atoms with Crippen molar-refractivity contribution in [3.63, 3.8) is 0 Å². The summed E-state index contributed by atoms with van der Waals surface area (Å²) in [6.45, 7) is 3.95. The minimum Gasteiger partial charge on any atom is -0.480 e. The lowest BCUT2D eigenvalue weighted by Crippen LogP contribution is -2.49. The number of carboxylic acids is 1. The van der Waals surface area contributed by atoms with Crippen molar-refractivity contribution in [3.8, 4) is 0 Å². The Balaban J connectivity index is 2.01. The number of aryl methyl sites for hydroxylation is 2. The Kier molecular flexibility index (Phi) is 4.25. The highest BCUT2D eigenvalue weighted by molar-refractivity contribution is 9.10. The van der Waals surface area contributed by atoms with Crippen LogP contribution in [-0.4, -0.2) is 32.9 Å². The second-order valence-electron chi connectivity index (χ2n) is 5.51. The molecule has 1 amide bonds. The van der Waals surface area contributed by atoms with Crippen LogP contribution in [0.1, 0.15) is 31.5 Å². The molecule has 1 N–H and O–H groups in total. The van der Waals surface area contributed by atoms with Crippen molar-refractivity contribution in [1.82, 2.24) is 9.88 Å². The van der Waals surface area contributed by atoms with Crippen LogP contribution in [0.15, 0.2) is 22.7 Å². The predicted molar refractivity (Wildman–Crippen MR) is 90.7 cm³/mol. The van der Waals surface area contributed by atoms with Crippen LogP contribution >= 0.6 is 27.3 Å². The molecule has 0 aliphatic carbocycles. The molecule has 3 rings (SSSR count). The van der Waals surface area contributed by atoms with E-state index in [0.29, 0.717) is 12.1 Å². The van der Waals surface area contributed by atoms with Gasteiger partial charge in [-0.1, -0.05) is 28.1 Å². The average Bonchev–Trinajstić information content (AvgIpc) is 2.84. The Morgan fingerprint density at radius 3 is 2.74 bits per heavy atom. The van der Waals surface area contributed by atoms with Gasteiger partial charge >= 0.3 is 5.97 Å². The summed E-state index contributed by atoms with van der Waals surface area (Å²) < 4.78 is 0.883. The molecule has 1 aromatic carbocycles. The quantitative estimate of drug-likeness (QED) is 0.848. The summed E-state index contributed by atoms with van der Waals surface area (Å²) in [4.78, 5) is 31.0. The lowest BCUT2D eigenvalue weighted by molar-refractivity contribution is -0.142. The standard InChI is InChI=1S/C16H15BrN2O3S/c1-8-14(18-9(2)23-8)15(20)19-7-10-4-3-5-12(17)11(10)6-13(19)16(21)22/h3-5,13H,6-7H2,1-2H3,(H,21,22). The van der Waals surface area contributed by atoms with Crippen LogP contribution in [0.3, 0.4) is 0 Å². The fourth-order valence-corrected chi connectivity index (χ4v) is 4.25. The number of amides is 1. The summed E-state index contributed by atoms with van der Waals surface area (Å²) in [5.41, 5.74) is 2.28. The van der Waals surface area contributed by atoms with Crippen molar-refractivity contribution in [2.24, 2.45) is 0 Å². The van der Waals surface area contributed by atoms with Crippen molar-refractivity contribution in [2.45, 2.75) is 32.9 Å². The number of carboxylic acid groups (broad SMARTS) is 1. The Morgan fingerprint density at radius 1 is 1.39 bits per heavy atom. The molecule has 2 aromatic rings. The largest absolute Gasteiger partial charge is 0.480 e. The van der Waals surface area contributed by atoms with E-state index in [0.717, 1.165) is 25.5 Å². The lowest BCUT2D eigenvalue weighted by atomic mass is 9.93. The van der Waals surface area contributed by atoms with E-state index in [-0.39, 0.29) is 12.5 Å². The van der Waals surface area contributed by atoms with Gasteiger partial charge in [-0.05, 0) is 31.0 Å². The number of hydrogen-bond donors (Lipinski definition) is 1. The number of aromatic nitrogens is 1. The number of rotatable bonds is 2. The zero-order valence-corrected chi connectivity index (χ0v) is 15.1. The molecular weight excluding hydrogens is 380 g/mol. The number of halogens is 1. The first-order valence-electron chi connectivity index (χ1n) is 7.12. The van der Waals surface area contributed by atoms with Gasteiger partial charge in [0.2, 0.25) is 0 Å². The van der Waals surface area contributed by atoms with Crippen LogP contribution in [0.25, 0.3) is 0 Å². The molecule has 0 spiro atoms. The number of benzene rings is 1. The molecule has 5 nitrogen and oxygen atoms in total. The highest BCUT2D eigenvalue weighted by Gasteiger charge is 2.37.